The van der Waals surface area contributed by atoms with Crippen molar-refractivity contribution < 1.29 is 14.6 Å². The van der Waals surface area contributed by atoms with E-state index < -0.39 is 5.41 Å². The standard InChI is InChI=1S/C15H21FO2/c16-14-7-3-6-13(8-14)15(10-17,11-18)9-12-4-1-2-5-12/h3,6-8,12,17-18H,1-2,4-5,9-11H2. The van der Waals surface area contributed by atoms with E-state index in [1.54, 1.807) is 12.1 Å². The van der Waals surface area contributed by atoms with E-state index in [0.717, 1.165) is 19.3 Å². The molecule has 0 radical (unpaired) electrons. The van der Waals surface area contributed by atoms with E-state index in [1.165, 1.54) is 25.0 Å². The average molecular weight is 252 g/mol. The van der Waals surface area contributed by atoms with Gasteiger partial charge < -0.3 is 10.2 Å². The Balaban J connectivity index is 2.24. The summed E-state index contributed by atoms with van der Waals surface area (Å²) in [7, 11) is 0. The van der Waals surface area contributed by atoms with Crippen LogP contribution in [0.5, 0.6) is 0 Å². The first-order valence-corrected chi connectivity index (χ1v) is 6.68. The lowest BCUT2D eigenvalue weighted by molar-refractivity contribution is 0.0952. The summed E-state index contributed by atoms with van der Waals surface area (Å²) in [5, 5.41) is 19.4. The minimum absolute atomic E-state index is 0.135. The van der Waals surface area contributed by atoms with Crippen molar-refractivity contribution >= 4 is 0 Å². The number of hydrogen-bond donors (Lipinski definition) is 2. The zero-order valence-electron chi connectivity index (χ0n) is 10.6. The molecule has 3 heteroatoms. The Hall–Kier alpha value is -0.930. The number of aliphatic hydroxyl groups excluding tert-OH is 2. The molecule has 0 unspecified atom stereocenters. The SMILES string of the molecule is OCC(CO)(CC1CCCC1)c1cccc(F)c1. The molecule has 18 heavy (non-hydrogen) atoms. The molecule has 1 fully saturated rings. The van der Waals surface area contributed by atoms with Crippen LogP contribution in [0, 0.1) is 11.7 Å². The second-order valence-corrected chi connectivity index (χ2v) is 5.46. The van der Waals surface area contributed by atoms with Crippen LogP contribution in [0.15, 0.2) is 24.3 Å². The molecule has 0 bridgehead atoms. The van der Waals surface area contributed by atoms with E-state index in [0.29, 0.717) is 11.5 Å². The zero-order valence-corrected chi connectivity index (χ0v) is 10.6. The molecule has 1 saturated carbocycles. The smallest absolute Gasteiger partial charge is 0.123 e. The lowest BCUT2D eigenvalue weighted by Gasteiger charge is -2.33. The molecule has 1 aromatic carbocycles. The highest BCUT2D eigenvalue weighted by atomic mass is 19.1. The minimum atomic E-state index is -0.697. The predicted octanol–water partition coefficient (Wildman–Crippen LogP) is 2.63. The topological polar surface area (TPSA) is 40.5 Å². The van der Waals surface area contributed by atoms with Crippen LogP contribution >= 0.6 is 0 Å². The maximum Gasteiger partial charge on any atom is 0.123 e. The molecule has 0 atom stereocenters. The van der Waals surface area contributed by atoms with Gasteiger partial charge in [-0.1, -0.05) is 37.8 Å². The molecule has 0 spiro atoms. The number of hydrogen-bond acceptors (Lipinski definition) is 2. The van der Waals surface area contributed by atoms with Gasteiger partial charge in [0.25, 0.3) is 0 Å². The lowest BCUT2D eigenvalue weighted by atomic mass is 9.74. The number of aliphatic hydroxyl groups is 2. The van der Waals surface area contributed by atoms with E-state index in [9.17, 15) is 14.6 Å². The Morgan fingerprint density at radius 1 is 1.17 bits per heavy atom. The van der Waals surface area contributed by atoms with Crippen molar-refractivity contribution in [3.05, 3.63) is 35.6 Å². The molecule has 2 rings (SSSR count). The van der Waals surface area contributed by atoms with E-state index in [-0.39, 0.29) is 19.0 Å². The van der Waals surface area contributed by atoms with Gasteiger partial charge in [0, 0.05) is 5.41 Å². The van der Waals surface area contributed by atoms with Crippen molar-refractivity contribution in [2.45, 2.75) is 37.5 Å². The van der Waals surface area contributed by atoms with Gasteiger partial charge in [0.2, 0.25) is 0 Å². The van der Waals surface area contributed by atoms with Crippen LogP contribution in [-0.2, 0) is 5.41 Å². The second kappa shape index (κ2) is 5.81. The van der Waals surface area contributed by atoms with Crippen LogP contribution in [-0.4, -0.2) is 23.4 Å². The largest absolute Gasteiger partial charge is 0.395 e. The summed E-state index contributed by atoms with van der Waals surface area (Å²) < 4.78 is 13.3. The van der Waals surface area contributed by atoms with E-state index in [2.05, 4.69) is 0 Å². The molecule has 0 aromatic heterocycles. The molecule has 1 aliphatic carbocycles. The molecule has 0 heterocycles. The Morgan fingerprint density at radius 2 is 1.83 bits per heavy atom. The van der Waals surface area contributed by atoms with Crippen molar-refractivity contribution in [1.29, 1.82) is 0 Å². The average Bonchev–Trinajstić information content (AvgIpc) is 2.89. The van der Waals surface area contributed by atoms with Crippen molar-refractivity contribution in [2.24, 2.45) is 5.92 Å². The molecule has 1 aliphatic rings. The summed E-state index contributed by atoms with van der Waals surface area (Å²) in [4.78, 5) is 0. The molecule has 2 nitrogen and oxygen atoms in total. The monoisotopic (exact) mass is 252 g/mol. The fourth-order valence-electron chi connectivity index (χ4n) is 3.06. The highest BCUT2D eigenvalue weighted by Gasteiger charge is 2.35. The summed E-state index contributed by atoms with van der Waals surface area (Å²) >= 11 is 0. The lowest BCUT2D eigenvalue weighted by Crippen LogP contribution is -2.36. The van der Waals surface area contributed by atoms with Crippen LogP contribution in [0.2, 0.25) is 0 Å². The van der Waals surface area contributed by atoms with Crippen LogP contribution in [0.25, 0.3) is 0 Å². The van der Waals surface area contributed by atoms with E-state index in [1.807, 2.05) is 0 Å². The Morgan fingerprint density at radius 3 is 2.39 bits per heavy atom. The second-order valence-electron chi connectivity index (χ2n) is 5.46. The molecule has 100 valence electrons. The normalized spacial score (nSPS) is 17.3. The van der Waals surface area contributed by atoms with Crippen LogP contribution in [0.4, 0.5) is 4.39 Å². The fourth-order valence-corrected chi connectivity index (χ4v) is 3.06. The number of benzene rings is 1. The number of rotatable bonds is 5. The fraction of sp³-hybridized carbons (Fsp3) is 0.600. The molecular formula is C15H21FO2. The van der Waals surface area contributed by atoms with Gasteiger partial charge in [-0.3, -0.25) is 0 Å². The predicted molar refractivity (Wildman–Crippen MR) is 68.8 cm³/mol. The minimum Gasteiger partial charge on any atom is -0.395 e. The molecule has 0 amide bonds. The first-order chi connectivity index (χ1) is 8.70. The van der Waals surface area contributed by atoms with Gasteiger partial charge in [0.15, 0.2) is 0 Å². The molecule has 2 N–H and O–H groups in total. The third kappa shape index (κ3) is 2.73. The van der Waals surface area contributed by atoms with E-state index >= 15 is 0 Å². The highest BCUT2D eigenvalue weighted by molar-refractivity contribution is 5.27. The summed E-state index contributed by atoms with van der Waals surface area (Å²) in [6.45, 7) is -0.271. The third-order valence-electron chi connectivity index (χ3n) is 4.20. The highest BCUT2D eigenvalue weighted by Crippen LogP contribution is 2.38. The summed E-state index contributed by atoms with van der Waals surface area (Å²) in [5.74, 6) is 0.220. The summed E-state index contributed by atoms with van der Waals surface area (Å²) in [6.07, 6.45) is 5.49. The zero-order chi connectivity index (χ0) is 13.0. The van der Waals surface area contributed by atoms with Crippen molar-refractivity contribution in [3.8, 4) is 0 Å². The van der Waals surface area contributed by atoms with Gasteiger partial charge in [-0.05, 0) is 30.0 Å². The summed E-state index contributed by atoms with van der Waals surface area (Å²) in [5.41, 5.74) is 0.0105. The number of halogens is 1. The van der Waals surface area contributed by atoms with Gasteiger partial charge in [-0.2, -0.15) is 0 Å². The first kappa shape index (κ1) is 13.5. The molecule has 1 aromatic rings. The van der Waals surface area contributed by atoms with Crippen molar-refractivity contribution in [3.63, 3.8) is 0 Å². The summed E-state index contributed by atoms with van der Waals surface area (Å²) in [6, 6.07) is 6.25. The van der Waals surface area contributed by atoms with Crippen molar-refractivity contribution in [2.75, 3.05) is 13.2 Å². The van der Waals surface area contributed by atoms with Crippen LogP contribution in [0.3, 0.4) is 0 Å². The van der Waals surface area contributed by atoms with Crippen molar-refractivity contribution in [1.82, 2.24) is 0 Å². The van der Waals surface area contributed by atoms with E-state index in [4.69, 9.17) is 0 Å². The maximum atomic E-state index is 13.3. The van der Waals surface area contributed by atoms with Gasteiger partial charge in [0.05, 0.1) is 13.2 Å². The molecule has 0 aliphatic heterocycles. The Kier molecular flexibility index (Phi) is 4.36. The van der Waals surface area contributed by atoms with Gasteiger partial charge in [-0.15, -0.1) is 0 Å². The van der Waals surface area contributed by atoms with Gasteiger partial charge in [0.1, 0.15) is 5.82 Å². The Labute approximate surface area is 107 Å². The van der Waals surface area contributed by atoms with Crippen LogP contribution in [0.1, 0.15) is 37.7 Å². The third-order valence-corrected chi connectivity index (χ3v) is 4.20. The molecular weight excluding hydrogens is 231 g/mol. The first-order valence-electron chi connectivity index (χ1n) is 6.68. The maximum absolute atomic E-state index is 13.3. The Bertz CT molecular complexity index is 382. The van der Waals surface area contributed by atoms with Gasteiger partial charge >= 0.3 is 0 Å². The van der Waals surface area contributed by atoms with Crippen LogP contribution < -0.4 is 0 Å². The van der Waals surface area contributed by atoms with Gasteiger partial charge in [-0.25, -0.2) is 4.39 Å². The molecule has 0 saturated heterocycles. The quantitative estimate of drug-likeness (QED) is 0.845.